The lowest BCUT2D eigenvalue weighted by atomic mass is 9.90. The summed E-state index contributed by atoms with van der Waals surface area (Å²) in [6.07, 6.45) is 1.41. The molecule has 0 bridgehead atoms. The molecule has 3 aromatic carbocycles. The molecular formula is C27H26N4O6. The van der Waals surface area contributed by atoms with Crippen molar-refractivity contribution in [3.8, 4) is 16.9 Å². The molecule has 190 valence electrons. The van der Waals surface area contributed by atoms with Crippen molar-refractivity contribution in [2.24, 2.45) is 0 Å². The van der Waals surface area contributed by atoms with Gasteiger partial charge >= 0.3 is 5.69 Å². The Bertz CT molecular complexity index is 1400. The molecule has 0 spiro atoms. The van der Waals surface area contributed by atoms with E-state index in [4.69, 9.17) is 4.74 Å². The maximum Gasteiger partial charge on any atom is 0.310 e. The molecular weight excluding hydrogens is 476 g/mol. The third-order valence-electron chi connectivity index (χ3n) is 6.83. The van der Waals surface area contributed by atoms with Crippen molar-refractivity contribution >= 4 is 40.6 Å². The number of nitrogens with zero attached hydrogens (tertiary/aromatic N) is 2. The van der Waals surface area contributed by atoms with E-state index in [9.17, 15) is 24.8 Å². The number of para-hydroxylation sites is 2. The lowest BCUT2D eigenvalue weighted by Crippen LogP contribution is -2.37. The van der Waals surface area contributed by atoms with E-state index in [1.807, 2.05) is 24.3 Å². The van der Waals surface area contributed by atoms with Gasteiger partial charge in [-0.05, 0) is 54.3 Å². The van der Waals surface area contributed by atoms with E-state index < -0.39 is 11.0 Å². The van der Waals surface area contributed by atoms with Gasteiger partial charge in [-0.15, -0.1) is 0 Å². The van der Waals surface area contributed by atoms with Gasteiger partial charge in [-0.1, -0.05) is 12.1 Å². The second-order valence-corrected chi connectivity index (χ2v) is 9.03. The van der Waals surface area contributed by atoms with Crippen LogP contribution in [0.5, 0.6) is 5.75 Å². The van der Waals surface area contributed by atoms with Crippen LogP contribution in [-0.4, -0.2) is 48.5 Å². The fourth-order valence-corrected chi connectivity index (χ4v) is 5.07. The molecule has 3 aromatic rings. The van der Waals surface area contributed by atoms with E-state index in [1.54, 1.807) is 18.2 Å². The Labute approximate surface area is 213 Å². The molecule has 0 unspecified atom stereocenters. The highest BCUT2D eigenvalue weighted by atomic mass is 16.6. The molecule has 3 N–H and O–H groups in total. The molecule has 2 heterocycles. The summed E-state index contributed by atoms with van der Waals surface area (Å²) in [7, 11) is 1.37. The second kappa shape index (κ2) is 9.90. The third kappa shape index (κ3) is 4.47. The van der Waals surface area contributed by atoms with Crippen molar-refractivity contribution in [2.45, 2.75) is 25.4 Å². The number of anilines is 4. The van der Waals surface area contributed by atoms with Gasteiger partial charge in [-0.3, -0.25) is 14.9 Å². The normalized spacial score (nSPS) is 15.1. The first-order chi connectivity index (χ1) is 17.9. The number of amides is 1. The van der Waals surface area contributed by atoms with Gasteiger partial charge in [-0.25, -0.2) is 0 Å². The Kier molecular flexibility index (Phi) is 6.49. The minimum Gasteiger partial charge on any atom is -0.490 e. The summed E-state index contributed by atoms with van der Waals surface area (Å²) in [4.78, 5) is 38.5. The molecule has 2 aliphatic heterocycles. The number of methoxy groups -OCH3 is 1. The van der Waals surface area contributed by atoms with Gasteiger partial charge < -0.3 is 30.2 Å². The highest BCUT2D eigenvalue weighted by Gasteiger charge is 2.31. The van der Waals surface area contributed by atoms with Crippen LogP contribution in [0.2, 0.25) is 0 Å². The Balaban J connectivity index is 1.78. The van der Waals surface area contributed by atoms with E-state index in [0.29, 0.717) is 70.9 Å². The van der Waals surface area contributed by atoms with Gasteiger partial charge in [0.2, 0.25) is 0 Å². The van der Waals surface area contributed by atoms with Crippen LogP contribution in [0.1, 0.15) is 28.8 Å². The third-order valence-corrected chi connectivity index (χ3v) is 6.83. The monoisotopic (exact) mass is 502 g/mol. The van der Waals surface area contributed by atoms with Gasteiger partial charge in [-0.2, -0.15) is 0 Å². The Morgan fingerprint density at radius 2 is 1.81 bits per heavy atom. The molecule has 10 nitrogen and oxygen atoms in total. The number of rotatable bonds is 6. The van der Waals surface area contributed by atoms with Gasteiger partial charge in [0.1, 0.15) is 6.29 Å². The predicted molar refractivity (Wildman–Crippen MR) is 140 cm³/mol. The number of fused-ring (bicyclic) bond motifs is 2. The number of hydrogen-bond acceptors (Lipinski definition) is 8. The zero-order valence-corrected chi connectivity index (χ0v) is 20.2. The molecule has 0 aromatic heterocycles. The number of aldehydes is 1. The summed E-state index contributed by atoms with van der Waals surface area (Å²) in [5, 5.41) is 27.9. The molecule has 0 aliphatic carbocycles. The number of aliphatic hydroxyl groups excluding tert-OH is 1. The molecule has 2 aliphatic rings. The SMILES string of the molecule is COc1cc(-c2cc3c(c(CC=O)c2N2CCC(O)CC2)C(=O)Nc2ccccc2N3)ccc1[N+](=O)[O-]. The largest absolute Gasteiger partial charge is 0.490 e. The van der Waals surface area contributed by atoms with Gasteiger partial charge in [0.05, 0.1) is 40.8 Å². The lowest BCUT2D eigenvalue weighted by molar-refractivity contribution is -0.385. The van der Waals surface area contributed by atoms with Crippen LogP contribution in [0.3, 0.4) is 0 Å². The Hall–Kier alpha value is -4.44. The molecule has 1 fully saturated rings. The zero-order valence-electron chi connectivity index (χ0n) is 20.2. The van der Waals surface area contributed by atoms with Crippen molar-refractivity contribution in [1.82, 2.24) is 0 Å². The number of nitro groups is 1. The first-order valence-corrected chi connectivity index (χ1v) is 12.0. The van der Waals surface area contributed by atoms with Crippen molar-refractivity contribution < 1.29 is 24.4 Å². The first-order valence-electron chi connectivity index (χ1n) is 12.0. The fourth-order valence-electron chi connectivity index (χ4n) is 5.07. The van der Waals surface area contributed by atoms with Crippen molar-refractivity contribution in [3.63, 3.8) is 0 Å². The smallest absolute Gasteiger partial charge is 0.310 e. The maximum absolute atomic E-state index is 13.5. The molecule has 0 radical (unpaired) electrons. The zero-order chi connectivity index (χ0) is 26.1. The Morgan fingerprint density at radius 3 is 2.46 bits per heavy atom. The number of aliphatic hydroxyl groups is 1. The second-order valence-electron chi connectivity index (χ2n) is 9.03. The summed E-state index contributed by atoms with van der Waals surface area (Å²) in [5.41, 5.74) is 4.61. The fraction of sp³-hybridized carbons (Fsp3) is 0.259. The van der Waals surface area contributed by atoms with E-state index in [0.717, 1.165) is 6.29 Å². The number of piperidine rings is 1. The van der Waals surface area contributed by atoms with Crippen molar-refractivity contribution in [3.05, 3.63) is 69.8 Å². The van der Waals surface area contributed by atoms with Crippen LogP contribution in [0, 0.1) is 10.1 Å². The number of nitro benzene ring substituents is 1. The van der Waals surface area contributed by atoms with Crippen LogP contribution in [0.4, 0.5) is 28.4 Å². The first kappa shape index (κ1) is 24.3. The van der Waals surface area contributed by atoms with Crippen molar-refractivity contribution in [2.75, 3.05) is 35.7 Å². The van der Waals surface area contributed by atoms with Crippen LogP contribution in [-0.2, 0) is 11.2 Å². The molecule has 0 saturated carbocycles. The van der Waals surface area contributed by atoms with Gasteiger partial charge in [0, 0.05) is 36.8 Å². The van der Waals surface area contributed by atoms with Crippen LogP contribution in [0.15, 0.2) is 48.5 Å². The summed E-state index contributed by atoms with van der Waals surface area (Å²) in [6, 6.07) is 13.8. The van der Waals surface area contributed by atoms with E-state index in [1.165, 1.54) is 13.2 Å². The molecule has 37 heavy (non-hydrogen) atoms. The molecule has 5 rings (SSSR count). The standard InChI is InChI=1S/C27H26N4O6/c1-37-24-14-16(6-7-23(24)31(35)36)19-15-22-25(27(34)29-21-5-3-2-4-20(21)28-22)18(10-13-32)26(19)30-11-8-17(33)9-12-30/h2-7,13-15,17,28,33H,8-12H2,1H3,(H,29,34). The van der Waals surface area contributed by atoms with Crippen LogP contribution in [0.25, 0.3) is 11.1 Å². The minimum atomic E-state index is -0.507. The summed E-state index contributed by atoms with van der Waals surface area (Å²) in [6.45, 7) is 1.05. The molecule has 0 atom stereocenters. The van der Waals surface area contributed by atoms with Crippen molar-refractivity contribution in [1.29, 1.82) is 0 Å². The van der Waals surface area contributed by atoms with Crippen LogP contribution >= 0.6 is 0 Å². The summed E-state index contributed by atoms with van der Waals surface area (Å²) < 4.78 is 5.32. The number of ether oxygens (including phenoxy) is 1. The minimum absolute atomic E-state index is 0.0138. The average molecular weight is 503 g/mol. The lowest BCUT2D eigenvalue weighted by Gasteiger charge is -2.35. The summed E-state index contributed by atoms with van der Waals surface area (Å²) in [5.74, 6) is -0.235. The molecule has 10 heteroatoms. The number of benzene rings is 3. The number of carbonyl (C=O) groups is 2. The average Bonchev–Trinajstić information content (AvgIpc) is 3.04. The van der Waals surface area contributed by atoms with Gasteiger partial charge in [0.15, 0.2) is 5.75 Å². The summed E-state index contributed by atoms with van der Waals surface area (Å²) >= 11 is 0. The number of carbonyl (C=O) groups excluding carboxylic acids is 2. The Morgan fingerprint density at radius 1 is 1.11 bits per heavy atom. The van der Waals surface area contributed by atoms with Gasteiger partial charge in [0.25, 0.3) is 5.91 Å². The highest BCUT2D eigenvalue weighted by Crippen LogP contribution is 2.45. The van der Waals surface area contributed by atoms with E-state index in [-0.39, 0.29) is 23.8 Å². The molecule has 1 amide bonds. The predicted octanol–water partition coefficient (Wildman–Crippen LogP) is 4.28. The number of hydrogen-bond donors (Lipinski definition) is 3. The molecule has 1 saturated heterocycles. The van der Waals surface area contributed by atoms with Crippen LogP contribution < -0.4 is 20.3 Å². The quantitative estimate of drug-likeness (QED) is 0.258. The van der Waals surface area contributed by atoms with E-state index in [2.05, 4.69) is 15.5 Å². The van der Waals surface area contributed by atoms with E-state index >= 15 is 0 Å². The highest BCUT2D eigenvalue weighted by molar-refractivity contribution is 6.15. The number of nitrogens with one attached hydrogen (secondary N) is 2. The topological polar surface area (TPSA) is 134 Å². The maximum atomic E-state index is 13.5.